The molecule has 21 heavy (non-hydrogen) atoms. The Bertz CT molecular complexity index is 666. The van der Waals surface area contributed by atoms with Crippen LogP contribution in [0.25, 0.3) is 10.8 Å². The first kappa shape index (κ1) is 13.8. The molecule has 0 atom stereocenters. The predicted molar refractivity (Wildman–Crippen MR) is 82.5 cm³/mol. The molecule has 0 bridgehead atoms. The smallest absolute Gasteiger partial charge is 0.278 e. The fraction of sp³-hybridized carbons (Fsp3) is 0.400. The van der Waals surface area contributed by atoms with Crippen molar-refractivity contribution >= 4 is 22.1 Å². The molecule has 1 saturated heterocycles. The van der Waals surface area contributed by atoms with E-state index in [0.717, 1.165) is 37.0 Å². The zero-order valence-electron chi connectivity index (χ0n) is 12.0. The standard InChI is InChI=1S/C15H18N4O2/c1-18-8-5-11(6-9-18)17-14-2-3-15(19(20)21)13-10-16-7-4-12(13)14/h2-4,7,10-11,17H,5-6,8-9H2,1H3. The second kappa shape index (κ2) is 5.65. The molecule has 6 nitrogen and oxygen atoms in total. The van der Waals surface area contributed by atoms with Crippen LogP contribution in [0.5, 0.6) is 0 Å². The van der Waals surface area contributed by atoms with Gasteiger partial charge in [-0.15, -0.1) is 0 Å². The van der Waals surface area contributed by atoms with Crippen LogP contribution in [-0.4, -0.2) is 41.0 Å². The van der Waals surface area contributed by atoms with E-state index in [-0.39, 0.29) is 10.6 Å². The van der Waals surface area contributed by atoms with E-state index in [1.807, 2.05) is 6.07 Å². The van der Waals surface area contributed by atoms with Gasteiger partial charge in [0.05, 0.1) is 10.3 Å². The van der Waals surface area contributed by atoms with Crippen LogP contribution in [-0.2, 0) is 0 Å². The lowest BCUT2D eigenvalue weighted by molar-refractivity contribution is -0.383. The lowest BCUT2D eigenvalue weighted by Crippen LogP contribution is -2.36. The number of pyridine rings is 1. The fourth-order valence-electron chi connectivity index (χ4n) is 2.83. The Labute approximate surface area is 122 Å². The molecule has 2 aromatic rings. The van der Waals surface area contributed by atoms with Gasteiger partial charge in [-0.25, -0.2) is 0 Å². The number of likely N-dealkylation sites (tertiary alicyclic amines) is 1. The summed E-state index contributed by atoms with van der Waals surface area (Å²) in [5, 5.41) is 16.1. The summed E-state index contributed by atoms with van der Waals surface area (Å²) in [6, 6.07) is 5.61. The first-order valence-corrected chi connectivity index (χ1v) is 7.11. The molecule has 1 aliphatic rings. The molecular weight excluding hydrogens is 268 g/mol. The van der Waals surface area contributed by atoms with Crippen molar-refractivity contribution in [2.24, 2.45) is 0 Å². The van der Waals surface area contributed by atoms with Crippen LogP contribution in [0.2, 0.25) is 0 Å². The Hall–Kier alpha value is -2.21. The molecule has 0 aliphatic carbocycles. The summed E-state index contributed by atoms with van der Waals surface area (Å²) in [6.07, 6.45) is 5.40. The minimum atomic E-state index is -0.358. The molecule has 2 heterocycles. The minimum absolute atomic E-state index is 0.104. The van der Waals surface area contributed by atoms with E-state index in [1.165, 1.54) is 0 Å². The summed E-state index contributed by atoms with van der Waals surface area (Å²) >= 11 is 0. The first-order chi connectivity index (χ1) is 10.1. The quantitative estimate of drug-likeness (QED) is 0.693. The molecule has 0 saturated carbocycles. The molecule has 0 radical (unpaired) electrons. The maximum absolute atomic E-state index is 11.1. The van der Waals surface area contributed by atoms with Gasteiger partial charge in [0, 0.05) is 35.6 Å². The van der Waals surface area contributed by atoms with Crippen molar-refractivity contribution in [3.8, 4) is 0 Å². The van der Waals surface area contributed by atoms with E-state index >= 15 is 0 Å². The van der Waals surface area contributed by atoms with Crippen molar-refractivity contribution in [1.29, 1.82) is 0 Å². The van der Waals surface area contributed by atoms with E-state index in [2.05, 4.69) is 22.2 Å². The van der Waals surface area contributed by atoms with Gasteiger partial charge >= 0.3 is 0 Å². The van der Waals surface area contributed by atoms with Gasteiger partial charge in [0.2, 0.25) is 0 Å². The summed E-state index contributed by atoms with van der Waals surface area (Å²) < 4.78 is 0. The number of hydrogen-bond acceptors (Lipinski definition) is 5. The SMILES string of the molecule is CN1CCC(Nc2ccc([N+](=O)[O-])c3cnccc23)CC1. The van der Waals surface area contributed by atoms with Crippen LogP contribution in [0.15, 0.2) is 30.6 Å². The van der Waals surface area contributed by atoms with Crippen molar-refractivity contribution in [3.63, 3.8) is 0 Å². The normalized spacial score (nSPS) is 17.0. The molecule has 1 aromatic carbocycles. The van der Waals surface area contributed by atoms with Crippen LogP contribution in [0.1, 0.15) is 12.8 Å². The van der Waals surface area contributed by atoms with Gasteiger partial charge < -0.3 is 10.2 Å². The summed E-state index contributed by atoms with van der Waals surface area (Å²) in [5.74, 6) is 0. The summed E-state index contributed by atoms with van der Waals surface area (Å²) in [6.45, 7) is 2.15. The molecular formula is C15H18N4O2. The van der Waals surface area contributed by atoms with Gasteiger partial charge in [0.15, 0.2) is 0 Å². The molecule has 0 amide bonds. The molecule has 1 N–H and O–H groups in total. The van der Waals surface area contributed by atoms with E-state index in [0.29, 0.717) is 11.4 Å². The number of piperidine rings is 1. The average Bonchev–Trinajstić information content (AvgIpc) is 2.49. The van der Waals surface area contributed by atoms with Gasteiger partial charge in [-0.3, -0.25) is 15.1 Å². The van der Waals surface area contributed by atoms with Crippen LogP contribution >= 0.6 is 0 Å². The zero-order chi connectivity index (χ0) is 14.8. The molecule has 1 aromatic heterocycles. The van der Waals surface area contributed by atoms with Gasteiger partial charge in [-0.2, -0.15) is 0 Å². The van der Waals surface area contributed by atoms with Gasteiger partial charge in [0.1, 0.15) is 0 Å². The van der Waals surface area contributed by atoms with Crippen molar-refractivity contribution in [2.75, 3.05) is 25.5 Å². The summed E-state index contributed by atoms with van der Waals surface area (Å²) in [5.41, 5.74) is 1.06. The van der Waals surface area contributed by atoms with Gasteiger partial charge in [0.25, 0.3) is 5.69 Å². The number of aromatic nitrogens is 1. The Kier molecular flexibility index (Phi) is 3.70. The Morgan fingerprint density at radius 2 is 2.05 bits per heavy atom. The van der Waals surface area contributed by atoms with Crippen LogP contribution in [0.4, 0.5) is 11.4 Å². The highest BCUT2D eigenvalue weighted by Gasteiger charge is 2.19. The van der Waals surface area contributed by atoms with Crippen molar-refractivity contribution in [3.05, 3.63) is 40.7 Å². The number of benzene rings is 1. The number of anilines is 1. The number of non-ortho nitro benzene ring substituents is 1. The molecule has 1 fully saturated rings. The Morgan fingerprint density at radius 3 is 2.76 bits per heavy atom. The molecule has 110 valence electrons. The minimum Gasteiger partial charge on any atom is -0.382 e. The van der Waals surface area contributed by atoms with Crippen LogP contribution in [0, 0.1) is 10.1 Å². The molecule has 0 spiro atoms. The molecule has 0 unspecified atom stereocenters. The molecule has 6 heteroatoms. The van der Waals surface area contributed by atoms with E-state index in [1.54, 1.807) is 24.5 Å². The number of rotatable bonds is 3. The number of fused-ring (bicyclic) bond motifs is 1. The second-order valence-corrected chi connectivity index (χ2v) is 5.53. The highest BCUT2D eigenvalue weighted by molar-refractivity contribution is 5.99. The lowest BCUT2D eigenvalue weighted by Gasteiger charge is -2.30. The largest absolute Gasteiger partial charge is 0.382 e. The number of nitrogens with zero attached hydrogens (tertiary/aromatic N) is 3. The predicted octanol–water partition coefficient (Wildman–Crippen LogP) is 2.65. The lowest BCUT2D eigenvalue weighted by atomic mass is 10.0. The first-order valence-electron chi connectivity index (χ1n) is 7.11. The third kappa shape index (κ3) is 2.80. The Balaban J connectivity index is 1.93. The van der Waals surface area contributed by atoms with E-state index < -0.39 is 0 Å². The van der Waals surface area contributed by atoms with Crippen molar-refractivity contribution in [1.82, 2.24) is 9.88 Å². The summed E-state index contributed by atoms with van der Waals surface area (Å²) in [7, 11) is 2.13. The average molecular weight is 286 g/mol. The number of nitro groups is 1. The Morgan fingerprint density at radius 1 is 1.29 bits per heavy atom. The number of hydrogen-bond donors (Lipinski definition) is 1. The monoisotopic (exact) mass is 286 g/mol. The van der Waals surface area contributed by atoms with E-state index in [9.17, 15) is 10.1 Å². The highest BCUT2D eigenvalue weighted by atomic mass is 16.6. The zero-order valence-corrected chi connectivity index (χ0v) is 12.0. The van der Waals surface area contributed by atoms with Gasteiger partial charge in [-0.05, 0) is 45.1 Å². The number of nitro benzene ring substituents is 1. The number of nitrogens with one attached hydrogen (secondary N) is 1. The van der Waals surface area contributed by atoms with E-state index in [4.69, 9.17) is 0 Å². The third-order valence-corrected chi connectivity index (χ3v) is 4.07. The third-order valence-electron chi connectivity index (χ3n) is 4.07. The highest BCUT2D eigenvalue weighted by Crippen LogP contribution is 2.31. The van der Waals surface area contributed by atoms with Crippen LogP contribution < -0.4 is 5.32 Å². The second-order valence-electron chi connectivity index (χ2n) is 5.53. The van der Waals surface area contributed by atoms with Crippen molar-refractivity contribution < 1.29 is 4.92 Å². The maximum Gasteiger partial charge on any atom is 0.278 e. The molecule has 3 rings (SSSR count). The van der Waals surface area contributed by atoms with Crippen molar-refractivity contribution in [2.45, 2.75) is 18.9 Å². The van der Waals surface area contributed by atoms with Crippen LogP contribution in [0.3, 0.4) is 0 Å². The fourth-order valence-corrected chi connectivity index (χ4v) is 2.83. The molecule has 1 aliphatic heterocycles. The maximum atomic E-state index is 11.1. The topological polar surface area (TPSA) is 71.3 Å². The summed E-state index contributed by atoms with van der Waals surface area (Å²) in [4.78, 5) is 17.1. The van der Waals surface area contributed by atoms with Gasteiger partial charge in [-0.1, -0.05) is 0 Å².